The number of fused-ring (bicyclic) bond motifs is 1. The summed E-state index contributed by atoms with van der Waals surface area (Å²) in [5.41, 5.74) is 2.36. The van der Waals surface area contributed by atoms with Crippen LogP contribution in [0.2, 0.25) is 0 Å². The van der Waals surface area contributed by atoms with Crippen LogP contribution in [-0.2, 0) is 0 Å². The number of thiophene rings is 1. The topological polar surface area (TPSA) is 51.2 Å². The largest absolute Gasteiger partial charge is 0.494 e. The van der Waals surface area contributed by atoms with E-state index in [0.717, 1.165) is 102 Å². The van der Waals surface area contributed by atoms with Crippen molar-refractivity contribution >= 4 is 27.2 Å². The molecule has 0 unspecified atom stereocenters. The third-order valence-corrected chi connectivity index (χ3v) is 9.48. The summed E-state index contributed by atoms with van der Waals surface area (Å²) >= 11 is 1.63. The number of ether oxygens (including phenoxy) is 3. The SMILES string of the molecule is CCCCCOc1ccc2c(C(=O)c3ccc(OCCN(CC)CC)cc3)c(-c3ccc(OCCN(CC)CC)cc3)sc2c1. The summed E-state index contributed by atoms with van der Waals surface area (Å²) in [4.78, 5) is 19.8. The van der Waals surface area contributed by atoms with E-state index >= 15 is 0 Å². The van der Waals surface area contributed by atoms with E-state index in [9.17, 15) is 4.79 Å². The van der Waals surface area contributed by atoms with Crippen molar-refractivity contribution in [3.05, 3.63) is 77.9 Å². The highest BCUT2D eigenvalue weighted by Crippen LogP contribution is 2.41. The van der Waals surface area contributed by atoms with Gasteiger partial charge < -0.3 is 24.0 Å². The molecule has 0 bridgehead atoms. The van der Waals surface area contributed by atoms with Gasteiger partial charge >= 0.3 is 0 Å². The highest BCUT2D eigenvalue weighted by molar-refractivity contribution is 7.22. The fourth-order valence-corrected chi connectivity index (χ4v) is 6.59. The van der Waals surface area contributed by atoms with Gasteiger partial charge in [-0.1, -0.05) is 47.5 Å². The quantitative estimate of drug-likeness (QED) is 0.0719. The Hall–Kier alpha value is -3.39. The summed E-state index contributed by atoms with van der Waals surface area (Å²) < 4.78 is 19.1. The summed E-state index contributed by atoms with van der Waals surface area (Å²) in [5.74, 6) is 2.45. The minimum Gasteiger partial charge on any atom is -0.494 e. The molecule has 0 amide bonds. The molecule has 0 saturated carbocycles. The highest BCUT2D eigenvalue weighted by Gasteiger charge is 2.22. The van der Waals surface area contributed by atoms with Crippen LogP contribution in [0.3, 0.4) is 0 Å². The maximum atomic E-state index is 14.2. The van der Waals surface area contributed by atoms with Crippen molar-refractivity contribution in [1.82, 2.24) is 9.80 Å². The average molecular weight is 631 g/mol. The molecule has 1 aromatic heterocycles. The van der Waals surface area contributed by atoms with Gasteiger partial charge in [0.25, 0.3) is 0 Å². The van der Waals surface area contributed by atoms with E-state index < -0.39 is 0 Å². The fourth-order valence-electron chi connectivity index (χ4n) is 5.35. The number of unbranched alkanes of at least 4 members (excludes halogenated alkanes) is 2. The molecule has 1 heterocycles. The summed E-state index contributed by atoms with van der Waals surface area (Å²) in [5, 5.41) is 0.944. The van der Waals surface area contributed by atoms with Crippen molar-refractivity contribution in [2.24, 2.45) is 0 Å². The molecule has 4 aromatic rings. The molecule has 4 rings (SSSR count). The van der Waals surface area contributed by atoms with E-state index in [1.165, 1.54) is 0 Å². The zero-order valence-electron chi connectivity index (χ0n) is 27.8. The first kappa shape index (κ1) is 34.5. The molecule has 0 aliphatic heterocycles. The summed E-state index contributed by atoms with van der Waals surface area (Å²) in [6.07, 6.45) is 3.34. The maximum absolute atomic E-state index is 14.2. The third kappa shape index (κ3) is 9.55. The van der Waals surface area contributed by atoms with Crippen LogP contribution in [0.25, 0.3) is 20.5 Å². The average Bonchev–Trinajstić information content (AvgIpc) is 3.46. The predicted octanol–water partition coefficient (Wildman–Crippen LogP) is 8.81. The molecule has 0 atom stereocenters. The molecule has 0 aliphatic carbocycles. The van der Waals surface area contributed by atoms with Crippen LogP contribution < -0.4 is 14.2 Å². The number of carbonyl (C=O) groups is 1. The molecular formula is C38H50N2O4S. The van der Waals surface area contributed by atoms with Crippen molar-refractivity contribution in [2.75, 3.05) is 59.1 Å². The smallest absolute Gasteiger partial charge is 0.195 e. The summed E-state index contributed by atoms with van der Waals surface area (Å²) in [7, 11) is 0. The van der Waals surface area contributed by atoms with E-state index in [0.29, 0.717) is 25.4 Å². The Bertz CT molecular complexity index is 1460. The minimum absolute atomic E-state index is 0.00195. The Morgan fingerprint density at radius 3 is 1.73 bits per heavy atom. The molecular weight excluding hydrogens is 580 g/mol. The lowest BCUT2D eigenvalue weighted by atomic mass is 9.97. The Kier molecular flexibility index (Phi) is 13.7. The van der Waals surface area contributed by atoms with Gasteiger partial charge in [-0.15, -0.1) is 11.3 Å². The Balaban J connectivity index is 1.58. The second kappa shape index (κ2) is 17.9. The minimum atomic E-state index is 0.00195. The Morgan fingerprint density at radius 1 is 0.644 bits per heavy atom. The van der Waals surface area contributed by atoms with Crippen LogP contribution in [0.4, 0.5) is 0 Å². The first-order chi connectivity index (χ1) is 22.0. The molecule has 45 heavy (non-hydrogen) atoms. The normalized spacial score (nSPS) is 11.4. The van der Waals surface area contributed by atoms with Crippen molar-refractivity contribution in [2.45, 2.75) is 53.9 Å². The van der Waals surface area contributed by atoms with Crippen molar-refractivity contribution < 1.29 is 19.0 Å². The van der Waals surface area contributed by atoms with Gasteiger partial charge in [0, 0.05) is 39.2 Å². The van der Waals surface area contributed by atoms with Crippen molar-refractivity contribution in [1.29, 1.82) is 0 Å². The zero-order chi connectivity index (χ0) is 32.0. The van der Waals surface area contributed by atoms with Crippen LogP contribution in [0.1, 0.15) is 69.8 Å². The van der Waals surface area contributed by atoms with Gasteiger partial charge in [0.15, 0.2) is 5.78 Å². The Morgan fingerprint density at radius 2 is 1.18 bits per heavy atom. The molecule has 7 heteroatoms. The fraction of sp³-hybridized carbons (Fsp3) is 0.447. The zero-order valence-corrected chi connectivity index (χ0v) is 28.6. The van der Waals surface area contributed by atoms with Gasteiger partial charge in [0.1, 0.15) is 30.5 Å². The van der Waals surface area contributed by atoms with Crippen molar-refractivity contribution in [3.63, 3.8) is 0 Å². The first-order valence-electron chi connectivity index (χ1n) is 16.7. The maximum Gasteiger partial charge on any atom is 0.195 e. The number of hydrogen-bond acceptors (Lipinski definition) is 7. The molecule has 3 aromatic carbocycles. The third-order valence-electron chi connectivity index (χ3n) is 8.28. The van der Waals surface area contributed by atoms with Crippen LogP contribution in [0.15, 0.2) is 66.7 Å². The van der Waals surface area contributed by atoms with Gasteiger partial charge in [-0.05, 0) is 105 Å². The van der Waals surface area contributed by atoms with Crippen molar-refractivity contribution in [3.8, 4) is 27.7 Å². The molecule has 6 nitrogen and oxygen atoms in total. The number of likely N-dealkylation sites (N-methyl/N-ethyl adjacent to an activating group) is 2. The molecule has 242 valence electrons. The van der Waals surface area contributed by atoms with Gasteiger partial charge in [-0.2, -0.15) is 0 Å². The van der Waals surface area contributed by atoms with E-state index in [1.54, 1.807) is 11.3 Å². The van der Waals surface area contributed by atoms with E-state index in [4.69, 9.17) is 14.2 Å². The number of hydrogen-bond donors (Lipinski definition) is 0. The second-order valence-electron chi connectivity index (χ2n) is 11.1. The summed E-state index contributed by atoms with van der Waals surface area (Å²) in [6, 6.07) is 21.8. The standard InChI is InChI=1S/C38H50N2O4S/c1-6-11-12-25-42-33-21-22-34-35(28-33)45-38(30-15-19-32(20-16-30)44-27-24-40(9-4)10-5)36(34)37(41)29-13-17-31(18-14-29)43-26-23-39(7-2)8-3/h13-22,28H,6-12,23-27H2,1-5H3. The monoisotopic (exact) mass is 630 g/mol. The highest BCUT2D eigenvalue weighted by atomic mass is 32.1. The van der Waals surface area contributed by atoms with Gasteiger partial charge in [-0.3, -0.25) is 4.79 Å². The van der Waals surface area contributed by atoms with E-state index in [2.05, 4.69) is 62.6 Å². The number of rotatable bonds is 20. The molecule has 0 saturated heterocycles. The van der Waals surface area contributed by atoms with E-state index in [-0.39, 0.29) is 5.78 Å². The van der Waals surface area contributed by atoms with Crippen LogP contribution in [0.5, 0.6) is 17.2 Å². The molecule has 0 radical (unpaired) electrons. The lowest BCUT2D eigenvalue weighted by Gasteiger charge is -2.18. The van der Waals surface area contributed by atoms with E-state index in [1.807, 2.05) is 48.5 Å². The van der Waals surface area contributed by atoms with Crippen LogP contribution in [0, 0.1) is 0 Å². The Labute approximate surface area is 273 Å². The van der Waals surface area contributed by atoms with Gasteiger partial charge in [0.2, 0.25) is 0 Å². The van der Waals surface area contributed by atoms with Crippen LogP contribution >= 0.6 is 11.3 Å². The first-order valence-corrected chi connectivity index (χ1v) is 17.5. The number of carbonyl (C=O) groups excluding carboxylic acids is 1. The van der Waals surface area contributed by atoms with Gasteiger partial charge in [-0.25, -0.2) is 0 Å². The second-order valence-corrected chi connectivity index (χ2v) is 12.2. The molecule has 0 N–H and O–H groups in total. The number of ketones is 1. The predicted molar refractivity (Wildman–Crippen MR) is 189 cm³/mol. The van der Waals surface area contributed by atoms with Crippen LogP contribution in [-0.4, -0.2) is 74.7 Å². The van der Waals surface area contributed by atoms with Gasteiger partial charge in [0.05, 0.1) is 6.61 Å². The lowest BCUT2D eigenvalue weighted by Crippen LogP contribution is -2.27. The number of benzene rings is 3. The molecule has 0 fully saturated rings. The molecule has 0 aliphatic rings. The lowest BCUT2D eigenvalue weighted by molar-refractivity contribution is 0.104. The summed E-state index contributed by atoms with van der Waals surface area (Å²) in [6.45, 7) is 18.6. The number of nitrogens with zero attached hydrogens (tertiary/aromatic N) is 2. The molecule has 0 spiro atoms.